The Morgan fingerprint density at radius 2 is 1.93 bits per heavy atom. The molecule has 154 valence electrons. The van der Waals surface area contributed by atoms with E-state index in [0.717, 1.165) is 11.1 Å². The number of para-hydroxylation sites is 1. The zero-order valence-corrected chi connectivity index (χ0v) is 16.6. The summed E-state index contributed by atoms with van der Waals surface area (Å²) in [4.78, 5) is 29.1. The molecule has 29 heavy (non-hydrogen) atoms. The molecule has 0 saturated carbocycles. The summed E-state index contributed by atoms with van der Waals surface area (Å²) in [6.07, 6.45) is 0.339. The van der Waals surface area contributed by atoms with Crippen molar-refractivity contribution in [3.63, 3.8) is 0 Å². The third-order valence-electron chi connectivity index (χ3n) is 4.72. The fourth-order valence-corrected chi connectivity index (χ4v) is 3.24. The minimum atomic E-state index is -0.621. The Kier molecular flexibility index (Phi) is 7.08. The third-order valence-corrected chi connectivity index (χ3v) is 4.72. The van der Waals surface area contributed by atoms with E-state index in [0.29, 0.717) is 37.6 Å². The van der Waals surface area contributed by atoms with Crippen LogP contribution >= 0.6 is 0 Å². The predicted octanol–water partition coefficient (Wildman–Crippen LogP) is 2.78. The average molecular weight is 399 g/mol. The second-order valence-electron chi connectivity index (χ2n) is 6.61. The highest BCUT2D eigenvalue weighted by molar-refractivity contribution is 5.85. The number of hydrogen-bond donors (Lipinski definition) is 1. The first-order chi connectivity index (χ1) is 14.1. The maximum atomic E-state index is 12.1. The summed E-state index contributed by atoms with van der Waals surface area (Å²) in [6.45, 7) is 2.66. The summed E-state index contributed by atoms with van der Waals surface area (Å²) in [5.41, 5.74) is 4.25. The molecule has 0 radical (unpaired) electrons. The third kappa shape index (κ3) is 5.26. The molecule has 1 aliphatic rings. The second-order valence-corrected chi connectivity index (χ2v) is 6.61. The molecule has 0 aliphatic carbocycles. The number of fused-ring (bicyclic) bond motifs is 1. The molecule has 3 rings (SSSR count). The Morgan fingerprint density at radius 3 is 2.66 bits per heavy atom. The van der Waals surface area contributed by atoms with Crippen LogP contribution in [0.1, 0.15) is 30.4 Å². The number of benzene rings is 2. The van der Waals surface area contributed by atoms with Crippen molar-refractivity contribution in [3.8, 4) is 11.5 Å². The van der Waals surface area contributed by atoms with Gasteiger partial charge in [-0.05, 0) is 37.1 Å². The van der Waals surface area contributed by atoms with E-state index < -0.39 is 6.10 Å². The lowest BCUT2D eigenvalue weighted by atomic mass is 9.93. The van der Waals surface area contributed by atoms with Gasteiger partial charge < -0.3 is 19.0 Å². The van der Waals surface area contributed by atoms with Crippen molar-refractivity contribution in [1.29, 1.82) is 0 Å². The van der Waals surface area contributed by atoms with E-state index in [-0.39, 0.29) is 17.8 Å². The summed E-state index contributed by atoms with van der Waals surface area (Å²) in [6, 6.07) is 14.9. The predicted molar refractivity (Wildman–Crippen MR) is 106 cm³/mol. The first kappa shape index (κ1) is 20.7. The van der Waals surface area contributed by atoms with Crippen molar-refractivity contribution >= 4 is 11.9 Å². The number of nitrogens with one attached hydrogen (secondary N) is 1. The molecule has 7 nitrogen and oxygen atoms in total. The van der Waals surface area contributed by atoms with Crippen LogP contribution in [0.5, 0.6) is 11.5 Å². The highest BCUT2D eigenvalue weighted by Crippen LogP contribution is 2.32. The van der Waals surface area contributed by atoms with E-state index in [9.17, 15) is 9.59 Å². The molecule has 0 bridgehead atoms. The van der Waals surface area contributed by atoms with Gasteiger partial charge in [-0.2, -0.15) is 5.48 Å². The van der Waals surface area contributed by atoms with E-state index in [1.54, 1.807) is 0 Å². The van der Waals surface area contributed by atoms with Crippen LogP contribution in [0.15, 0.2) is 48.5 Å². The van der Waals surface area contributed by atoms with Crippen LogP contribution in [0.2, 0.25) is 0 Å². The minimum Gasteiger partial charge on any atom is -0.494 e. The molecule has 2 aromatic carbocycles. The smallest absolute Gasteiger partial charge is 0.335 e. The van der Waals surface area contributed by atoms with E-state index >= 15 is 0 Å². The average Bonchev–Trinajstić information content (AvgIpc) is 2.75. The number of ether oxygens (including phenoxy) is 3. The summed E-state index contributed by atoms with van der Waals surface area (Å²) in [5.74, 6) is 0.484. The van der Waals surface area contributed by atoms with E-state index in [2.05, 4.69) is 5.48 Å². The van der Waals surface area contributed by atoms with Gasteiger partial charge in [0.05, 0.1) is 19.6 Å². The van der Waals surface area contributed by atoms with Gasteiger partial charge in [-0.1, -0.05) is 30.3 Å². The summed E-state index contributed by atoms with van der Waals surface area (Å²) < 4.78 is 16.0. The van der Waals surface area contributed by atoms with Gasteiger partial charge in [0.1, 0.15) is 5.75 Å². The lowest BCUT2D eigenvalue weighted by molar-refractivity contribution is -0.153. The van der Waals surface area contributed by atoms with Crippen LogP contribution in [0.4, 0.5) is 0 Å². The molecule has 2 unspecified atom stereocenters. The number of methoxy groups -OCH3 is 1. The van der Waals surface area contributed by atoms with Crippen molar-refractivity contribution in [2.75, 3.05) is 20.3 Å². The normalized spacial score (nSPS) is 16.2. The Bertz CT molecular complexity index is 835. The molecule has 1 aliphatic heterocycles. The fourth-order valence-electron chi connectivity index (χ4n) is 3.24. The van der Waals surface area contributed by atoms with Gasteiger partial charge in [-0.3, -0.25) is 4.79 Å². The van der Waals surface area contributed by atoms with Crippen molar-refractivity contribution in [1.82, 2.24) is 5.48 Å². The molecule has 0 fully saturated rings. The molecule has 0 aromatic heterocycles. The topological polar surface area (TPSA) is 83.1 Å². The van der Waals surface area contributed by atoms with Crippen LogP contribution in [0, 0.1) is 0 Å². The molecular weight excluding hydrogens is 374 g/mol. The molecule has 1 N–H and O–H groups in total. The number of esters is 1. The van der Waals surface area contributed by atoms with E-state index in [1.165, 1.54) is 7.11 Å². The monoisotopic (exact) mass is 399 g/mol. The summed E-state index contributed by atoms with van der Waals surface area (Å²) >= 11 is 0. The van der Waals surface area contributed by atoms with Crippen LogP contribution in [-0.2, 0) is 25.5 Å². The number of hydroxylamine groups is 1. The molecule has 0 spiro atoms. The largest absolute Gasteiger partial charge is 0.494 e. The number of amides is 1. The molecule has 0 saturated heterocycles. The highest BCUT2D eigenvalue weighted by Gasteiger charge is 2.28. The lowest BCUT2D eigenvalue weighted by Crippen LogP contribution is -2.37. The zero-order chi connectivity index (χ0) is 20.6. The second kappa shape index (κ2) is 9.93. The van der Waals surface area contributed by atoms with Crippen LogP contribution < -0.4 is 15.1 Å². The van der Waals surface area contributed by atoms with Crippen molar-refractivity contribution in [3.05, 3.63) is 59.7 Å². The standard InChI is InChI=1S/C22H25NO6/c1-3-27-20(22(25)26-2)14-15-8-10-16(11-9-15)28-13-12-18-17-6-4-5-7-19(17)29-23-21(18)24/h4-11,18,20H,3,12-14H2,1-2H3,(H,23,24). The zero-order valence-electron chi connectivity index (χ0n) is 16.6. The first-order valence-electron chi connectivity index (χ1n) is 9.59. The van der Waals surface area contributed by atoms with Crippen LogP contribution in [0.25, 0.3) is 0 Å². The lowest BCUT2D eigenvalue weighted by Gasteiger charge is -2.24. The number of carbonyl (C=O) groups excluding carboxylic acids is 2. The number of rotatable bonds is 9. The number of carbonyl (C=O) groups is 2. The van der Waals surface area contributed by atoms with Crippen LogP contribution in [-0.4, -0.2) is 38.3 Å². The van der Waals surface area contributed by atoms with Crippen molar-refractivity contribution in [2.24, 2.45) is 0 Å². The maximum Gasteiger partial charge on any atom is 0.335 e. The Morgan fingerprint density at radius 1 is 1.17 bits per heavy atom. The molecule has 1 amide bonds. The van der Waals surface area contributed by atoms with Gasteiger partial charge in [-0.25, -0.2) is 4.79 Å². The minimum absolute atomic E-state index is 0.174. The van der Waals surface area contributed by atoms with Gasteiger partial charge in [0.2, 0.25) is 0 Å². The van der Waals surface area contributed by atoms with Gasteiger partial charge in [0.25, 0.3) is 5.91 Å². The summed E-state index contributed by atoms with van der Waals surface area (Å²) in [5, 5.41) is 0. The van der Waals surface area contributed by atoms with Gasteiger partial charge in [0.15, 0.2) is 11.9 Å². The Hall–Kier alpha value is -3.06. The van der Waals surface area contributed by atoms with Gasteiger partial charge >= 0.3 is 5.97 Å². The molecular formula is C22H25NO6. The highest BCUT2D eigenvalue weighted by atomic mass is 16.7. The van der Waals surface area contributed by atoms with E-state index in [1.807, 2.05) is 55.5 Å². The maximum absolute atomic E-state index is 12.1. The van der Waals surface area contributed by atoms with Crippen LogP contribution in [0.3, 0.4) is 0 Å². The molecule has 2 atom stereocenters. The Balaban J connectivity index is 1.54. The van der Waals surface area contributed by atoms with Gasteiger partial charge in [-0.15, -0.1) is 0 Å². The Labute approximate surface area is 169 Å². The quantitative estimate of drug-likeness (QED) is 0.653. The molecule has 1 heterocycles. The first-order valence-corrected chi connectivity index (χ1v) is 9.59. The van der Waals surface area contributed by atoms with Crippen molar-refractivity contribution in [2.45, 2.75) is 31.8 Å². The van der Waals surface area contributed by atoms with E-state index in [4.69, 9.17) is 19.0 Å². The molecule has 7 heteroatoms. The molecule has 2 aromatic rings. The fraction of sp³-hybridized carbons (Fsp3) is 0.364. The SMILES string of the molecule is CCOC(Cc1ccc(OCCC2C(=O)NOc3ccccc32)cc1)C(=O)OC. The number of hydrogen-bond acceptors (Lipinski definition) is 6. The van der Waals surface area contributed by atoms with Crippen molar-refractivity contribution < 1.29 is 28.6 Å². The summed E-state index contributed by atoms with van der Waals surface area (Å²) in [7, 11) is 1.35. The van der Waals surface area contributed by atoms with Gasteiger partial charge in [0, 0.05) is 18.6 Å².